The smallest absolute Gasteiger partial charge is 0.137 e. The summed E-state index contributed by atoms with van der Waals surface area (Å²) in [4.78, 5) is 24.9. The van der Waals surface area contributed by atoms with Gasteiger partial charge in [0.2, 0.25) is 0 Å². The molecule has 0 aromatic carbocycles. The van der Waals surface area contributed by atoms with Gasteiger partial charge in [0.15, 0.2) is 0 Å². The van der Waals surface area contributed by atoms with Crippen molar-refractivity contribution in [1.29, 1.82) is 0 Å². The van der Waals surface area contributed by atoms with Crippen molar-refractivity contribution >= 4 is 12.1 Å². The molecule has 1 aromatic rings. The van der Waals surface area contributed by atoms with Crippen LogP contribution in [0.15, 0.2) is 6.33 Å². The Morgan fingerprint density at radius 2 is 1.93 bits per heavy atom. The van der Waals surface area contributed by atoms with Crippen LogP contribution in [0.4, 0.5) is 5.82 Å². The predicted molar refractivity (Wildman–Crippen MR) is 110 cm³/mol. The van der Waals surface area contributed by atoms with E-state index in [0.717, 1.165) is 54.4 Å². The molecule has 0 saturated heterocycles. The maximum atomic E-state index is 10.9. The van der Waals surface area contributed by atoms with Gasteiger partial charge in [-0.05, 0) is 62.2 Å². The van der Waals surface area contributed by atoms with Gasteiger partial charge in [-0.15, -0.1) is 0 Å². The molecule has 1 atom stereocenters. The predicted octanol–water partition coefficient (Wildman–Crippen LogP) is 0.984. The number of aldehydes is 1. The van der Waals surface area contributed by atoms with Crippen LogP contribution in [-0.4, -0.2) is 64.6 Å². The Hall–Kier alpha value is -1.57. The quantitative estimate of drug-likeness (QED) is 0.660. The zero-order chi connectivity index (χ0) is 20.0. The van der Waals surface area contributed by atoms with Crippen LogP contribution in [0.25, 0.3) is 0 Å². The molecule has 3 N–H and O–H groups in total. The van der Waals surface area contributed by atoms with Crippen molar-refractivity contribution in [2.45, 2.75) is 57.2 Å². The van der Waals surface area contributed by atoms with Crippen LogP contribution in [0, 0.1) is 23.7 Å². The van der Waals surface area contributed by atoms with E-state index in [1.807, 2.05) is 0 Å². The molecule has 4 bridgehead atoms. The fraction of sp³-hybridized carbons (Fsp3) is 0.773. The summed E-state index contributed by atoms with van der Waals surface area (Å²) in [5.74, 6) is 4.39. The number of hydrogen-bond acceptors (Lipinski definition) is 7. The number of aliphatic hydroxyl groups is 1. The SMILES string of the molecule is N[C@H](C=O)CN1CCc2c(ncnc2N(CCO)C2C3CC4CC(C3)CC2C4)C1. The Bertz CT molecular complexity index is 729. The van der Waals surface area contributed by atoms with Crippen LogP contribution in [0.1, 0.15) is 43.4 Å². The molecule has 1 aromatic heterocycles. The van der Waals surface area contributed by atoms with Crippen molar-refractivity contribution in [3.63, 3.8) is 0 Å². The minimum Gasteiger partial charge on any atom is -0.395 e. The summed E-state index contributed by atoms with van der Waals surface area (Å²) >= 11 is 0. The summed E-state index contributed by atoms with van der Waals surface area (Å²) in [6.45, 7) is 2.95. The highest BCUT2D eigenvalue weighted by atomic mass is 16.3. The van der Waals surface area contributed by atoms with Crippen LogP contribution in [0.2, 0.25) is 0 Å². The van der Waals surface area contributed by atoms with Gasteiger partial charge in [-0.2, -0.15) is 0 Å². The molecule has 4 aliphatic carbocycles. The van der Waals surface area contributed by atoms with E-state index in [2.05, 4.69) is 14.8 Å². The van der Waals surface area contributed by atoms with Gasteiger partial charge in [-0.25, -0.2) is 9.97 Å². The topological polar surface area (TPSA) is 95.6 Å². The number of carbonyl (C=O) groups is 1. The first-order chi connectivity index (χ1) is 14.2. The zero-order valence-electron chi connectivity index (χ0n) is 17.1. The molecular weight excluding hydrogens is 366 g/mol. The molecule has 6 rings (SSSR count). The van der Waals surface area contributed by atoms with Crippen LogP contribution >= 0.6 is 0 Å². The van der Waals surface area contributed by atoms with Crippen molar-refractivity contribution in [2.75, 3.05) is 31.1 Å². The highest BCUT2D eigenvalue weighted by molar-refractivity contribution is 5.57. The van der Waals surface area contributed by atoms with E-state index in [1.54, 1.807) is 6.33 Å². The first-order valence-electron chi connectivity index (χ1n) is 11.3. The van der Waals surface area contributed by atoms with Gasteiger partial charge in [0, 0.05) is 37.8 Å². The summed E-state index contributed by atoms with van der Waals surface area (Å²) in [6, 6.07) is 0.0623. The van der Waals surface area contributed by atoms with Crippen molar-refractivity contribution in [1.82, 2.24) is 14.9 Å². The lowest BCUT2D eigenvalue weighted by Crippen LogP contribution is -2.57. The van der Waals surface area contributed by atoms with E-state index >= 15 is 0 Å². The Balaban J connectivity index is 1.42. The molecule has 4 fully saturated rings. The van der Waals surface area contributed by atoms with Gasteiger partial charge >= 0.3 is 0 Å². The minimum absolute atomic E-state index is 0.155. The molecule has 7 nitrogen and oxygen atoms in total. The van der Waals surface area contributed by atoms with Crippen molar-refractivity contribution in [3.8, 4) is 0 Å². The summed E-state index contributed by atoms with van der Waals surface area (Å²) in [6.07, 6.45) is 10.2. The minimum atomic E-state index is -0.447. The van der Waals surface area contributed by atoms with E-state index in [9.17, 15) is 9.90 Å². The van der Waals surface area contributed by atoms with E-state index in [-0.39, 0.29) is 6.61 Å². The van der Waals surface area contributed by atoms with E-state index in [1.165, 1.54) is 37.7 Å². The molecule has 4 saturated carbocycles. The highest BCUT2D eigenvalue weighted by Gasteiger charge is 2.50. The molecule has 0 radical (unpaired) electrons. The average molecular weight is 400 g/mol. The van der Waals surface area contributed by atoms with E-state index < -0.39 is 6.04 Å². The summed E-state index contributed by atoms with van der Waals surface area (Å²) in [5, 5.41) is 9.88. The average Bonchev–Trinajstić information content (AvgIpc) is 2.71. The molecular formula is C22H33N5O2. The van der Waals surface area contributed by atoms with Gasteiger partial charge in [0.05, 0.1) is 18.3 Å². The number of carbonyl (C=O) groups excluding carboxylic acids is 1. The second-order valence-corrected chi connectivity index (χ2v) is 9.75. The molecule has 0 spiro atoms. The number of nitrogens with zero attached hydrogens (tertiary/aromatic N) is 4. The lowest BCUT2D eigenvalue weighted by molar-refractivity contribution is -0.109. The van der Waals surface area contributed by atoms with Crippen molar-refractivity contribution < 1.29 is 9.90 Å². The van der Waals surface area contributed by atoms with Crippen molar-refractivity contribution in [2.24, 2.45) is 29.4 Å². The van der Waals surface area contributed by atoms with Gasteiger partial charge < -0.3 is 20.5 Å². The monoisotopic (exact) mass is 399 g/mol. The number of nitrogens with two attached hydrogens (primary N) is 1. The van der Waals surface area contributed by atoms with Gasteiger partial charge in [0.1, 0.15) is 18.4 Å². The zero-order valence-corrected chi connectivity index (χ0v) is 17.1. The number of rotatable bonds is 7. The normalized spacial score (nSPS) is 34.1. The number of aromatic nitrogens is 2. The van der Waals surface area contributed by atoms with Crippen molar-refractivity contribution in [3.05, 3.63) is 17.6 Å². The van der Waals surface area contributed by atoms with Crippen LogP contribution in [0.3, 0.4) is 0 Å². The second-order valence-electron chi connectivity index (χ2n) is 9.75. The molecule has 1 aliphatic heterocycles. The number of anilines is 1. The fourth-order valence-corrected chi connectivity index (χ4v) is 7.05. The Morgan fingerprint density at radius 3 is 2.59 bits per heavy atom. The lowest BCUT2D eigenvalue weighted by Gasteiger charge is -2.57. The number of fused-ring (bicyclic) bond motifs is 1. The molecule has 7 heteroatoms. The largest absolute Gasteiger partial charge is 0.395 e. The van der Waals surface area contributed by atoms with Gasteiger partial charge in [0.25, 0.3) is 0 Å². The maximum absolute atomic E-state index is 10.9. The number of aliphatic hydroxyl groups excluding tert-OH is 1. The third-order valence-electron chi connectivity index (χ3n) is 7.86. The molecule has 0 unspecified atom stereocenters. The standard InChI is InChI=1S/C22H33N5O2/c23-18(12-29)10-26-2-1-19-20(11-26)24-13-25-22(19)27(3-4-28)21-16-6-14-5-15(8-16)9-17(21)7-14/h12-18,21,28H,1-11,23H2/t14?,15?,16?,17?,18-,21?/m0/s1. The first kappa shape index (κ1) is 19.4. The highest BCUT2D eigenvalue weighted by Crippen LogP contribution is 2.55. The van der Waals surface area contributed by atoms with Crippen LogP contribution < -0.4 is 10.6 Å². The third-order valence-corrected chi connectivity index (χ3v) is 7.86. The van der Waals surface area contributed by atoms with Gasteiger partial charge in [-0.3, -0.25) is 4.90 Å². The third kappa shape index (κ3) is 3.57. The first-order valence-corrected chi connectivity index (χ1v) is 11.3. The fourth-order valence-electron chi connectivity index (χ4n) is 7.05. The summed E-state index contributed by atoms with van der Waals surface area (Å²) < 4.78 is 0. The molecule has 0 amide bonds. The Labute approximate surface area is 172 Å². The van der Waals surface area contributed by atoms with Crippen LogP contribution in [0.5, 0.6) is 0 Å². The number of hydrogen-bond donors (Lipinski definition) is 2. The lowest BCUT2D eigenvalue weighted by atomic mass is 9.54. The molecule has 2 heterocycles. The Kier molecular flexibility index (Phi) is 5.30. The van der Waals surface area contributed by atoms with Crippen LogP contribution in [-0.2, 0) is 17.8 Å². The summed E-state index contributed by atoms with van der Waals surface area (Å²) in [5.41, 5.74) is 8.10. The Morgan fingerprint density at radius 1 is 1.21 bits per heavy atom. The van der Waals surface area contributed by atoms with Gasteiger partial charge in [-0.1, -0.05) is 0 Å². The van der Waals surface area contributed by atoms with E-state index in [0.29, 0.717) is 25.7 Å². The molecule has 158 valence electrons. The molecule has 29 heavy (non-hydrogen) atoms. The summed E-state index contributed by atoms with van der Waals surface area (Å²) in [7, 11) is 0. The van der Waals surface area contributed by atoms with E-state index in [4.69, 9.17) is 10.7 Å². The second kappa shape index (κ2) is 7.93. The molecule has 5 aliphatic rings. The maximum Gasteiger partial charge on any atom is 0.137 e.